The molecule has 2 aromatic rings. The van der Waals surface area contributed by atoms with Gasteiger partial charge in [-0.05, 0) is 24.3 Å². The smallest absolute Gasteiger partial charge is 0.269 e. The lowest BCUT2D eigenvalue weighted by Gasteiger charge is -2.01. The Bertz CT molecular complexity index is 645. The number of benzene rings is 2. The molecular weight excluding hydrogens is 328 g/mol. The Morgan fingerprint density at radius 3 is 1.74 bits per heavy atom. The summed E-state index contributed by atoms with van der Waals surface area (Å²) in [6.45, 7) is 0.402. The van der Waals surface area contributed by atoms with Gasteiger partial charge in [0.1, 0.15) is 18.1 Å². The highest BCUT2D eigenvalue weighted by Crippen LogP contribution is 2.17. The van der Waals surface area contributed by atoms with Crippen LogP contribution in [0.3, 0.4) is 0 Å². The van der Waals surface area contributed by atoms with E-state index in [1.807, 2.05) is 0 Å². The molecule has 0 radical (unpaired) electrons. The van der Waals surface area contributed by atoms with Gasteiger partial charge in [-0.2, -0.15) is 0 Å². The molecule has 1 N–H and O–H groups in total. The molecule has 0 atom stereocenters. The molecular formula is C14H13ClN2O6. The minimum Gasteiger partial charge on any atom is -0.508 e. The lowest BCUT2D eigenvalue weighted by Crippen LogP contribution is -1.97. The lowest BCUT2D eigenvalue weighted by molar-refractivity contribution is -0.385. The third kappa shape index (κ3) is 6.62. The van der Waals surface area contributed by atoms with Crippen LogP contribution in [-0.4, -0.2) is 27.4 Å². The number of alkyl halides is 1. The minimum atomic E-state index is -0.514. The van der Waals surface area contributed by atoms with E-state index in [0.717, 1.165) is 0 Å². The van der Waals surface area contributed by atoms with E-state index in [4.69, 9.17) is 21.4 Å². The molecule has 0 heterocycles. The second-order valence-electron chi connectivity index (χ2n) is 4.06. The van der Waals surface area contributed by atoms with Crippen LogP contribution < -0.4 is 4.74 Å². The molecule has 0 spiro atoms. The number of rotatable bonds is 5. The first-order chi connectivity index (χ1) is 10.9. The molecule has 0 aliphatic heterocycles. The summed E-state index contributed by atoms with van der Waals surface area (Å²) in [5, 5.41) is 29.0. The zero-order valence-electron chi connectivity index (χ0n) is 11.8. The number of phenolic OH excluding ortho intramolecular Hbond substituents is 1. The number of nitro benzene ring substituents is 2. The maximum atomic E-state index is 10.3. The van der Waals surface area contributed by atoms with Crippen LogP contribution in [0.1, 0.15) is 0 Å². The summed E-state index contributed by atoms with van der Waals surface area (Å²) in [5.41, 5.74) is 0.0380. The van der Waals surface area contributed by atoms with Crippen molar-refractivity contribution in [2.45, 2.75) is 0 Å². The molecule has 0 aliphatic carbocycles. The quantitative estimate of drug-likeness (QED) is 0.505. The van der Waals surface area contributed by atoms with Crippen LogP contribution in [-0.2, 0) is 0 Å². The van der Waals surface area contributed by atoms with Crippen LogP contribution in [0.15, 0.2) is 48.5 Å². The fraction of sp³-hybridized carbons (Fsp3) is 0.143. The third-order valence-electron chi connectivity index (χ3n) is 2.45. The molecule has 8 nitrogen and oxygen atoms in total. The van der Waals surface area contributed by atoms with Crippen molar-refractivity contribution in [3.63, 3.8) is 0 Å². The van der Waals surface area contributed by atoms with Crippen molar-refractivity contribution in [1.29, 1.82) is 0 Å². The zero-order chi connectivity index (χ0) is 17.2. The maximum absolute atomic E-state index is 10.3. The van der Waals surface area contributed by atoms with E-state index in [2.05, 4.69) is 0 Å². The Morgan fingerprint density at radius 2 is 1.35 bits per heavy atom. The van der Waals surface area contributed by atoms with E-state index in [1.54, 1.807) is 12.1 Å². The molecule has 0 saturated heterocycles. The van der Waals surface area contributed by atoms with E-state index in [-0.39, 0.29) is 17.1 Å². The summed E-state index contributed by atoms with van der Waals surface area (Å²) in [4.78, 5) is 19.3. The maximum Gasteiger partial charge on any atom is 0.269 e. The van der Waals surface area contributed by atoms with Gasteiger partial charge >= 0.3 is 0 Å². The van der Waals surface area contributed by atoms with Crippen LogP contribution in [0.25, 0.3) is 0 Å². The van der Waals surface area contributed by atoms with Gasteiger partial charge < -0.3 is 9.84 Å². The monoisotopic (exact) mass is 340 g/mol. The number of nitro groups is 2. The molecule has 23 heavy (non-hydrogen) atoms. The van der Waals surface area contributed by atoms with Gasteiger partial charge in [0.2, 0.25) is 0 Å². The molecule has 0 bridgehead atoms. The van der Waals surface area contributed by atoms with Crippen molar-refractivity contribution < 1.29 is 19.7 Å². The highest BCUT2D eigenvalue weighted by Gasteiger charge is 2.03. The van der Waals surface area contributed by atoms with E-state index in [9.17, 15) is 20.2 Å². The summed E-state index contributed by atoms with van der Waals surface area (Å²) in [5.74, 6) is 1.02. The number of hydrogen-bond acceptors (Lipinski definition) is 6. The Hall–Kier alpha value is -2.87. The zero-order valence-corrected chi connectivity index (χ0v) is 12.5. The van der Waals surface area contributed by atoms with Crippen molar-refractivity contribution >= 4 is 23.0 Å². The van der Waals surface area contributed by atoms with Crippen molar-refractivity contribution in [3.8, 4) is 11.5 Å². The van der Waals surface area contributed by atoms with Gasteiger partial charge in [-0.3, -0.25) is 20.2 Å². The van der Waals surface area contributed by atoms with E-state index in [0.29, 0.717) is 18.2 Å². The first-order valence-corrected chi connectivity index (χ1v) is 6.84. The van der Waals surface area contributed by atoms with E-state index in [1.165, 1.54) is 36.4 Å². The fourth-order valence-electron chi connectivity index (χ4n) is 1.39. The van der Waals surface area contributed by atoms with Gasteiger partial charge in [-0.1, -0.05) is 0 Å². The molecule has 122 valence electrons. The number of nitrogens with zero attached hydrogens (tertiary/aromatic N) is 2. The second-order valence-corrected chi connectivity index (χ2v) is 4.44. The van der Waals surface area contributed by atoms with Crippen molar-refractivity contribution in [3.05, 3.63) is 68.8 Å². The Kier molecular flexibility index (Phi) is 7.28. The van der Waals surface area contributed by atoms with Gasteiger partial charge in [-0.15, -0.1) is 11.6 Å². The molecule has 2 aromatic carbocycles. The first-order valence-electron chi connectivity index (χ1n) is 6.30. The van der Waals surface area contributed by atoms with Gasteiger partial charge in [0.05, 0.1) is 15.7 Å². The number of hydrogen-bond donors (Lipinski definition) is 1. The van der Waals surface area contributed by atoms with Crippen LogP contribution in [0.2, 0.25) is 0 Å². The Labute approximate surface area is 136 Å². The summed E-state index contributed by atoms with van der Waals surface area (Å²) >= 11 is 5.40. The lowest BCUT2D eigenvalue weighted by atomic mass is 10.3. The van der Waals surface area contributed by atoms with Crippen LogP contribution >= 0.6 is 11.6 Å². The second kappa shape index (κ2) is 9.21. The molecule has 0 aliphatic rings. The average molecular weight is 341 g/mol. The van der Waals surface area contributed by atoms with Gasteiger partial charge in [0, 0.05) is 24.3 Å². The van der Waals surface area contributed by atoms with Crippen molar-refractivity contribution in [1.82, 2.24) is 0 Å². The van der Waals surface area contributed by atoms with E-state index >= 15 is 0 Å². The molecule has 0 fully saturated rings. The summed E-state index contributed by atoms with van der Waals surface area (Å²) in [6, 6.07) is 10.9. The molecule has 2 rings (SSSR count). The molecule has 9 heteroatoms. The van der Waals surface area contributed by atoms with Gasteiger partial charge in [0.25, 0.3) is 11.4 Å². The molecule has 0 saturated carbocycles. The minimum absolute atomic E-state index is 0.0159. The van der Waals surface area contributed by atoms with Crippen LogP contribution in [0, 0.1) is 20.2 Å². The van der Waals surface area contributed by atoms with Gasteiger partial charge in [0.15, 0.2) is 0 Å². The number of ether oxygens (including phenoxy) is 1. The number of phenols is 1. The predicted molar refractivity (Wildman–Crippen MR) is 84.1 cm³/mol. The number of halogens is 1. The summed E-state index contributed by atoms with van der Waals surface area (Å²) in [6.07, 6.45) is 0. The highest BCUT2D eigenvalue weighted by atomic mass is 35.5. The molecule has 0 unspecified atom stereocenters. The normalized spacial score (nSPS) is 9.43. The Morgan fingerprint density at radius 1 is 0.913 bits per heavy atom. The molecule has 0 amide bonds. The first kappa shape index (κ1) is 18.2. The summed E-state index contributed by atoms with van der Waals surface area (Å²) in [7, 11) is 0. The number of non-ortho nitro benzene ring substituents is 2. The topological polar surface area (TPSA) is 116 Å². The van der Waals surface area contributed by atoms with Crippen LogP contribution in [0.4, 0.5) is 11.4 Å². The largest absolute Gasteiger partial charge is 0.508 e. The SMILES string of the molecule is O=[N+]([O-])c1ccc(O)cc1.O=[N+]([O-])c1ccc(OCCCl)cc1. The van der Waals surface area contributed by atoms with Crippen molar-refractivity contribution in [2.24, 2.45) is 0 Å². The molecule has 0 aromatic heterocycles. The fourth-order valence-corrected chi connectivity index (χ4v) is 1.47. The third-order valence-corrected chi connectivity index (χ3v) is 2.61. The number of aromatic hydroxyl groups is 1. The van der Waals surface area contributed by atoms with Crippen molar-refractivity contribution in [2.75, 3.05) is 12.5 Å². The standard InChI is InChI=1S/C8H8ClNO3.C6H5NO3/c9-5-6-13-8-3-1-7(2-4-8)10(11)12;8-6-3-1-5(2-4-6)7(9)10/h1-4H,5-6H2;1-4,8H. The predicted octanol–water partition coefficient (Wildman–Crippen LogP) is 3.51. The van der Waals surface area contributed by atoms with Gasteiger partial charge in [-0.25, -0.2) is 0 Å². The average Bonchev–Trinajstić information content (AvgIpc) is 2.54. The van der Waals surface area contributed by atoms with Crippen LogP contribution in [0.5, 0.6) is 11.5 Å². The Balaban J connectivity index is 0.000000238. The highest BCUT2D eigenvalue weighted by molar-refractivity contribution is 6.18. The van der Waals surface area contributed by atoms with E-state index < -0.39 is 9.85 Å². The summed E-state index contributed by atoms with van der Waals surface area (Å²) < 4.78 is 5.14.